The van der Waals surface area contributed by atoms with Crippen molar-refractivity contribution in [3.05, 3.63) is 82.9 Å². The van der Waals surface area contributed by atoms with Crippen molar-refractivity contribution >= 4 is 45.9 Å². The lowest BCUT2D eigenvalue weighted by Crippen LogP contribution is -2.50. The zero-order chi connectivity index (χ0) is 22.8. The maximum atomic E-state index is 13.4. The van der Waals surface area contributed by atoms with E-state index in [1.54, 1.807) is 51.1 Å². The van der Waals surface area contributed by atoms with Gasteiger partial charge in [-0.2, -0.15) is 0 Å². The van der Waals surface area contributed by atoms with E-state index in [9.17, 15) is 14.7 Å². The molecule has 0 atom stereocenters. The number of phenolic OH excluding ortho intramolecular Hbond substituents is 1. The van der Waals surface area contributed by atoms with Gasteiger partial charge in [0.2, 0.25) is 0 Å². The van der Waals surface area contributed by atoms with Crippen LogP contribution in [-0.4, -0.2) is 52.9 Å². The van der Waals surface area contributed by atoms with Crippen LogP contribution in [0.1, 0.15) is 26.5 Å². The van der Waals surface area contributed by atoms with Crippen LogP contribution in [0, 0.1) is 0 Å². The number of para-hydroxylation sites is 2. The fraction of sp³-hybridized carbons (Fsp3) is 0.200. The Hall–Kier alpha value is -3.23. The van der Waals surface area contributed by atoms with E-state index in [4.69, 9.17) is 4.42 Å². The van der Waals surface area contributed by atoms with Gasteiger partial charge >= 0.3 is 0 Å². The van der Waals surface area contributed by atoms with Gasteiger partial charge in [0.05, 0.1) is 9.77 Å². The number of furan rings is 1. The minimum atomic E-state index is -0.225. The van der Waals surface area contributed by atoms with Crippen LogP contribution in [0.5, 0.6) is 5.75 Å². The molecular formula is C25H22N2O4S2. The predicted molar refractivity (Wildman–Crippen MR) is 130 cm³/mol. The minimum absolute atomic E-state index is 0.0313. The first kappa shape index (κ1) is 21.6. The van der Waals surface area contributed by atoms with Gasteiger partial charge in [0.25, 0.3) is 11.8 Å². The van der Waals surface area contributed by atoms with E-state index in [1.807, 2.05) is 35.7 Å². The van der Waals surface area contributed by atoms with Crippen LogP contribution in [0.4, 0.5) is 0 Å². The SMILES string of the molecule is O=C(c1ccccc1O)N1CCN(C(=O)c2oc3ccccc3c2CSc2cccs2)CC1. The van der Waals surface area contributed by atoms with Gasteiger partial charge in [0.15, 0.2) is 5.76 Å². The van der Waals surface area contributed by atoms with E-state index in [-0.39, 0.29) is 23.1 Å². The summed E-state index contributed by atoms with van der Waals surface area (Å²) in [5, 5.41) is 13.0. The summed E-state index contributed by atoms with van der Waals surface area (Å²) in [5.41, 5.74) is 1.89. The van der Waals surface area contributed by atoms with Gasteiger partial charge in [0.1, 0.15) is 11.3 Å². The zero-order valence-electron chi connectivity index (χ0n) is 17.8. The lowest BCUT2D eigenvalue weighted by Gasteiger charge is -2.34. The normalized spacial score (nSPS) is 14.1. The largest absolute Gasteiger partial charge is 0.507 e. The quantitative estimate of drug-likeness (QED) is 0.405. The van der Waals surface area contributed by atoms with Crippen molar-refractivity contribution in [3.8, 4) is 5.75 Å². The number of amides is 2. The van der Waals surface area contributed by atoms with Crippen LogP contribution in [-0.2, 0) is 5.75 Å². The van der Waals surface area contributed by atoms with Crippen molar-refractivity contribution in [3.63, 3.8) is 0 Å². The lowest BCUT2D eigenvalue weighted by atomic mass is 10.1. The first-order chi connectivity index (χ1) is 16.1. The van der Waals surface area contributed by atoms with Crippen molar-refractivity contribution in [1.82, 2.24) is 9.80 Å². The first-order valence-electron chi connectivity index (χ1n) is 10.6. The summed E-state index contributed by atoms with van der Waals surface area (Å²) in [5.74, 6) is 0.612. The number of hydrogen-bond donors (Lipinski definition) is 1. The maximum Gasteiger partial charge on any atom is 0.290 e. The molecule has 168 valence electrons. The Morgan fingerprint density at radius 2 is 1.61 bits per heavy atom. The summed E-state index contributed by atoms with van der Waals surface area (Å²) < 4.78 is 7.22. The third-order valence-corrected chi connectivity index (χ3v) is 7.89. The summed E-state index contributed by atoms with van der Waals surface area (Å²) in [7, 11) is 0. The molecule has 1 fully saturated rings. The summed E-state index contributed by atoms with van der Waals surface area (Å²) in [6.07, 6.45) is 0. The molecular weight excluding hydrogens is 456 g/mol. The second kappa shape index (κ2) is 9.33. The van der Waals surface area contributed by atoms with Gasteiger partial charge in [-0.25, -0.2) is 0 Å². The molecule has 4 aromatic rings. The molecule has 1 N–H and O–H groups in total. The highest BCUT2D eigenvalue weighted by atomic mass is 32.2. The highest BCUT2D eigenvalue weighted by Gasteiger charge is 2.30. The molecule has 1 saturated heterocycles. The number of piperazine rings is 1. The molecule has 0 unspecified atom stereocenters. The molecule has 6 nitrogen and oxygen atoms in total. The molecule has 1 aliphatic rings. The van der Waals surface area contributed by atoms with E-state index in [0.29, 0.717) is 43.3 Å². The number of carbonyl (C=O) groups excluding carboxylic acids is 2. The van der Waals surface area contributed by atoms with Gasteiger partial charge in [-0.3, -0.25) is 9.59 Å². The van der Waals surface area contributed by atoms with Gasteiger partial charge < -0.3 is 19.3 Å². The minimum Gasteiger partial charge on any atom is -0.507 e. The molecule has 0 bridgehead atoms. The number of thioether (sulfide) groups is 1. The van der Waals surface area contributed by atoms with Crippen LogP contribution in [0.2, 0.25) is 0 Å². The van der Waals surface area contributed by atoms with E-state index in [0.717, 1.165) is 10.9 Å². The molecule has 2 aromatic heterocycles. The van der Waals surface area contributed by atoms with Gasteiger partial charge in [-0.05, 0) is 29.6 Å². The van der Waals surface area contributed by atoms with Crippen LogP contribution >= 0.6 is 23.1 Å². The third kappa shape index (κ3) is 4.36. The second-order valence-corrected chi connectivity index (χ2v) is 9.95. The number of fused-ring (bicyclic) bond motifs is 1. The van der Waals surface area contributed by atoms with Crippen molar-refractivity contribution in [2.75, 3.05) is 26.2 Å². The molecule has 0 saturated carbocycles. The molecule has 0 aliphatic carbocycles. The molecule has 3 heterocycles. The molecule has 33 heavy (non-hydrogen) atoms. The molecule has 8 heteroatoms. The van der Waals surface area contributed by atoms with Gasteiger partial charge in [0, 0.05) is 42.9 Å². The summed E-state index contributed by atoms with van der Waals surface area (Å²) in [6, 6.07) is 18.3. The second-order valence-electron chi connectivity index (χ2n) is 7.73. The molecule has 5 rings (SSSR count). The number of thiophene rings is 1. The number of hydrogen-bond acceptors (Lipinski definition) is 6. The number of carbonyl (C=O) groups is 2. The first-order valence-corrected chi connectivity index (χ1v) is 12.5. The Balaban J connectivity index is 1.33. The fourth-order valence-corrected chi connectivity index (χ4v) is 5.80. The smallest absolute Gasteiger partial charge is 0.290 e. The molecule has 0 radical (unpaired) electrons. The Morgan fingerprint density at radius 3 is 2.33 bits per heavy atom. The predicted octanol–water partition coefficient (Wildman–Crippen LogP) is 5.09. The summed E-state index contributed by atoms with van der Waals surface area (Å²) >= 11 is 3.37. The van der Waals surface area contributed by atoms with Crippen molar-refractivity contribution in [1.29, 1.82) is 0 Å². The maximum absolute atomic E-state index is 13.4. The summed E-state index contributed by atoms with van der Waals surface area (Å²) in [4.78, 5) is 29.6. The van der Waals surface area contributed by atoms with Crippen LogP contribution in [0.25, 0.3) is 11.0 Å². The van der Waals surface area contributed by atoms with Crippen molar-refractivity contribution < 1.29 is 19.1 Å². The fourth-order valence-electron chi connectivity index (χ4n) is 3.98. The zero-order valence-corrected chi connectivity index (χ0v) is 19.4. The lowest BCUT2D eigenvalue weighted by molar-refractivity contribution is 0.0517. The number of phenols is 1. The topological polar surface area (TPSA) is 74.0 Å². The molecule has 2 aromatic carbocycles. The van der Waals surface area contributed by atoms with Crippen molar-refractivity contribution in [2.45, 2.75) is 9.96 Å². The van der Waals surface area contributed by atoms with Crippen LogP contribution in [0.15, 0.2) is 74.7 Å². The monoisotopic (exact) mass is 478 g/mol. The average Bonchev–Trinajstić information content (AvgIpc) is 3.50. The Kier molecular flexibility index (Phi) is 6.11. The average molecular weight is 479 g/mol. The van der Waals surface area contributed by atoms with Gasteiger partial charge in [-0.1, -0.05) is 36.4 Å². The van der Waals surface area contributed by atoms with Gasteiger partial charge in [-0.15, -0.1) is 23.1 Å². The van der Waals surface area contributed by atoms with Crippen LogP contribution < -0.4 is 0 Å². The number of rotatable bonds is 5. The van der Waals surface area contributed by atoms with Crippen molar-refractivity contribution in [2.24, 2.45) is 0 Å². The van der Waals surface area contributed by atoms with E-state index in [1.165, 1.54) is 10.3 Å². The number of nitrogens with zero attached hydrogens (tertiary/aromatic N) is 2. The Bertz CT molecular complexity index is 1290. The highest BCUT2D eigenvalue weighted by molar-refractivity contribution is 8.00. The van der Waals surface area contributed by atoms with E-state index < -0.39 is 0 Å². The molecule has 1 aliphatic heterocycles. The van der Waals surface area contributed by atoms with E-state index in [2.05, 4.69) is 6.07 Å². The Labute approximate surface area is 199 Å². The highest BCUT2D eigenvalue weighted by Crippen LogP contribution is 2.34. The van der Waals surface area contributed by atoms with E-state index >= 15 is 0 Å². The molecule has 0 spiro atoms. The summed E-state index contributed by atoms with van der Waals surface area (Å²) in [6.45, 7) is 1.62. The number of aromatic hydroxyl groups is 1. The number of benzene rings is 2. The standard InChI is InChI=1S/C25H22N2O4S2/c28-20-8-3-1-7-18(20)24(29)26-11-13-27(14-12-26)25(30)23-19(16-33-22-10-5-15-32-22)17-6-2-4-9-21(17)31-23/h1-10,15,28H,11-14,16H2. The Morgan fingerprint density at radius 1 is 0.909 bits per heavy atom. The molecule has 2 amide bonds. The third-order valence-electron chi connectivity index (χ3n) is 5.73. The van der Waals surface area contributed by atoms with Crippen LogP contribution in [0.3, 0.4) is 0 Å².